The average molecular weight is 403 g/mol. The van der Waals surface area contributed by atoms with E-state index in [1.165, 1.54) is 13.3 Å². The number of methoxy groups -OCH3 is 1. The zero-order valence-corrected chi connectivity index (χ0v) is 16.4. The van der Waals surface area contributed by atoms with Crippen molar-refractivity contribution >= 4 is 23.5 Å². The molecule has 2 amide bonds. The summed E-state index contributed by atoms with van der Waals surface area (Å²) in [6.45, 7) is 0. The lowest BCUT2D eigenvalue weighted by atomic mass is 10.0. The second-order valence-corrected chi connectivity index (χ2v) is 6.49. The Morgan fingerprint density at radius 3 is 2.40 bits per heavy atom. The highest BCUT2D eigenvalue weighted by atomic mass is 16.5. The van der Waals surface area contributed by atoms with E-state index in [0.29, 0.717) is 16.8 Å². The second-order valence-electron chi connectivity index (χ2n) is 6.49. The average Bonchev–Trinajstić information content (AvgIpc) is 2.79. The molecule has 2 N–H and O–H groups in total. The molecule has 0 aliphatic carbocycles. The number of hydrogen-bond acceptors (Lipinski definition) is 5. The molecule has 3 rings (SSSR count). The quantitative estimate of drug-likeness (QED) is 0.590. The van der Waals surface area contributed by atoms with Crippen molar-refractivity contribution < 1.29 is 19.1 Å². The minimum absolute atomic E-state index is 0.00366. The van der Waals surface area contributed by atoms with Gasteiger partial charge in [-0.05, 0) is 35.9 Å². The van der Waals surface area contributed by atoms with Gasteiger partial charge in [-0.2, -0.15) is 0 Å². The van der Waals surface area contributed by atoms with Gasteiger partial charge >= 0.3 is 5.97 Å². The number of nitrogens with zero attached hydrogens (tertiary/aromatic N) is 1. The molecule has 0 saturated heterocycles. The third-order valence-electron chi connectivity index (χ3n) is 4.41. The van der Waals surface area contributed by atoms with E-state index in [1.807, 2.05) is 30.3 Å². The van der Waals surface area contributed by atoms with Gasteiger partial charge in [0.25, 0.3) is 11.8 Å². The van der Waals surface area contributed by atoms with Crippen molar-refractivity contribution in [1.82, 2.24) is 10.3 Å². The van der Waals surface area contributed by atoms with E-state index in [2.05, 4.69) is 15.6 Å². The van der Waals surface area contributed by atoms with Crippen LogP contribution in [-0.2, 0) is 9.53 Å². The normalized spacial score (nSPS) is 11.2. The molecule has 1 atom stereocenters. The minimum atomic E-state index is -0.542. The van der Waals surface area contributed by atoms with Crippen LogP contribution >= 0.6 is 0 Å². The Bertz CT molecular complexity index is 1020. The maximum atomic E-state index is 12.8. The molecule has 30 heavy (non-hydrogen) atoms. The number of amides is 2. The van der Waals surface area contributed by atoms with Crippen LogP contribution in [0.25, 0.3) is 0 Å². The SMILES string of the molecule is COC(=O)CC(NC(=O)c1cccc(NC(=O)c2cccnc2)c1)c1ccccc1. The third-order valence-corrected chi connectivity index (χ3v) is 4.41. The van der Waals surface area contributed by atoms with E-state index >= 15 is 0 Å². The Morgan fingerprint density at radius 1 is 0.933 bits per heavy atom. The van der Waals surface area contributed by atoms with Gasteiger partial charge < -0.3 is 15.4 Å². The van der Waals surface area contributed by atoms with Crippen LogP contribution in [-0.4, -0.2) is 29.9 Å². The number of rotatable bonds is 7. The molecule has 0 radical (unpaired) electrons. The first-order valence-corrected chi connectivity index (χ1v) is 9.31. The topological polar surface area (TPSA) is 97.4 Å². The first kappa shape index (κ1) is 20.7. The Balaban J connectivity index is 1.74. The summed E-state index contributed by atoms with van der Waals surface area (Å²) in [6.07, 6.45) is 3.05. The summed E-state index contributed by atoms with van der Waals surface area (Å²) >= 11 is 0. The van der Waals surface area contributed by atoms with E-state index in [1.54, 1.807) is 42.6 Å². The van der Waals surface area contributed by atoms with Gasteiger partial charge in [-0.3, -0.25) is 19.4 Å². The fourth-order valence-electron chi connectivity index (χ4n) is 2.87. The van der Waals surface area contributed by atoms with E-state index in [4.69, 9.17) is 4.74 Å². The summed E-state index contributed by atoms with van der Waals surface area (Å²) in [5.74, 6) is -1.12. The third kappa shape index (κ3) is 5.51. The first-order valence-electron chi connectivity index (χ1n) is 9.31. The number of carbonyl (C=O) groups is 3. The molecule has 3 aromatic rings. The Labute approximate surface area is 174 Å². The van der Waals surface area contributed by atoms with Crippen molar-refractivity contribution in [3.63, 3.8) is 0 Å². The van der Waals surface area contributed by atoms with E-state index in [-0.39, 0.29) is 18.2 Å². The fourth-order valence-corrected chi connectivity index (χ4v) is 2.87. The Hall–Kier alpha value is -4.00. The van der Waals surface area contributed by atoms with Crippen LogP contribution in [0.3, 0.4) is 0 Å². The summed E-state index contributed by atoms with van der Waals surface area (Å²) in [5, 5.41) is 5.61. The Kier molecular flexibility index (Phi) is 6.89. The zero-order chi connectivity index (χ0) is 21.3. The van der Waals surface area contributed by atoms with Crippen molar-refractivity contribution in [2.75, 3.05) is 12.4 Å². The van der Waals surface area contributed by atoms with E-state index in [9.17, 15) is 14.4 Å². The number of esters is 1. The molecule has 1 aromatic heterocycles. The van der Waals surface area contributed by atoms with E-state index < -0.39 is 12.0 Å². The van der Waals surface area contributed by atoms with Crippen molar-refractivity contribution in [3.05, 3.63) is 95.8 Å². The molecule has 7 heteroatoms. The van der Waals surface area contributed by atoms with Gasteiger partial charge in [-0.1, -0.05) is 36.4 Å². The highest BCUT2D eigenvalue weighted by molar-refractivity contribution is 6.05. The van der Waals surface area contributed by atoms with Gasteiger partial charge in [-0.15, -0.1) is 0 Å². The summed E-state index contributed by atoms with van der Waals surface area (Å²) < 4.78 is 4.75. The lowest BCUT2D eigenvalue weighted by molar-refractivity contribution is -0.141. The molecule has 1 heterocycles. The molecule has 0 bridgehead atoms. The van der Waals surface area contributed by atoms with Gasteiger partial charge in [-0.25, -0.2) is 0 Å². The number of aromatic nitrogens is 1. The van der Waals surface area contributed by atoms with Gasteiger partial charge in [0.1, 0.15) is 0 Å². The summed E-state index contributed by atoms with van der Waals surface area (Å²) in [5.41, 5.74) is 2.03. The molecule has 0 spiro atoms. The van der Waals surface area contributed by atoms with Crippen LogP contribution in [0.1, 0.15) is 38.7 Å². The van der Waals surface area contributed by atoms with E-state index in [0.717, 1.165) is 5.56 Å². The molecule has 0 fully saturated rings. The molecule has 1 unspecified atom stereocenters. The molecular formula is C23H21N3O4. The number of hydrogen-bond donors (Lipinski definition) is 2. The predicted molar refractivity (Wildman–Crippen MR) is 112 cm³/mol. The van der Waals surface area contributed by atoms with Gasteiger partial charge in [0.2, 0.25) is 0 Å². The number of nitrogens with one attached hydrogen (secondary N) is 2. The van der Waals surface area contributed by atoms with Crippen molar-refractivity contribution in [2.24, 2.45) is 0 Å². The highest BCUT2D eigenvalue weighted by Crippen LogP contribution is 2.19. The van der Waals surface area contributed by atoms with Crippen molar-refractivity contribution in [2.45, 2.75) is 12.5 Å². The molecular weight excluding hydrogens is 382 g/mol. The van der Waals surface area contributed by atoms with Crippen LogP contribution in [0.15, 0.2) is 79.1 Å². The molecule has 152 valence electrons. The van der Waals surface area contributed by atoms with Crippen molar-refractivity contribution in [3.8, 4) is 0 Å². The molecule has 0 aliphatic rings. The number of ether oxygens (including phenoxy) is 1. The Morgan fingerprint density at radius 2 is 1.70 bits per heavy atom. The molecule has 0 aliphatic heterocycles. The van der Waals surface area contributed by atoms with Crippen LogP contribution in [0.2, 0.25) is 0 Å². The highest BCUT2D eigenvalue weighted by Gasteiger charge is 2.20. The molecule has 7 nitrogen and oxygen atoms in total. The second kappa shape index (κ2) is 9.97. The van der Waals surface area contributed by atoms with Gasteiger partial charge in [0, 0.05) is 23.6 Å². The van der Waals surface area contributed by atoms with Gasteiger partial charge in [0.05, 0.1) is 25.1 Å². The number of carbonyl (C=O) groups excluding carboxylic acids is 3. The molecule has 0 saturated carbocycles. The number of benzene rings is 2. The number of anilines is 1. The van der Waals surface area contributed by atoms with Crippen LogP contribution in [0.4, 0.5) is 5.69 Å². The fraction of sp³-hybridized carbons (Fsp3) is 0.130. The largest absolute Gasteiger partial charge is 0.469 e. The first-order chi connectivity index (χ1) is 14.6. The summed E-state index contributed by atoms with van der Waals surface area (Å²) in [6, 6.07) is 18.5. The summed E-state index contributed by atoms with van der Waals surface area (Å²) in [4.78, 5) is 40.8. The van der Waals surface area contributed by atoms with Crippen LogP contribution in [0.5, 0.6) is 0 Å². The standard InChI is InChI=1S/C23H21N3O4/c1-30-21(27)14-20(16-7-3-2-4-8-16)26-22(28)17-9-5-11-19(13-17)25-23(29)18-10-6-12-24-15-18/h2-13,15,20H,14H2,1H3,(H,25,29)(H,26,28). The maximum Gasteiger partial charge on any atom is 0.307 e. The lowest BCUT2D eigenvalue weighted by Crippen LogP contribution is -2.30. The number of pyridine rings is 1. The predicted octanol–water partition coefficient (Wildman–Crippen LogP) is 3.37. The van der Waals surface area contributed by atoms with Crippen molar-refractivity contribution in [1.29, 1.82) is 0 Å². The smallest absolute Gasteiger partial charge is 0.307 e. The minimum Gasteiger partial charge on any atom is -0.469 e. The maximum absolute atomic E-state index is 12.8. The zero-order valence-electron chi connectivity index (χ0n) is 16.4. The monoisotopic (exact) mass is 403 g/mol. The van der Waals surface area contributed by atoms with Crippen LogP contribution < -0.4 is 10.6 Å². The molecule has 2 aromatic carbocycles. The lowest BCUT2D eigenvalue weighted by Gasteiger charge is -2.18. The summed E-state index contributed by atoms with van der Waals surface area (Å²) in [7, 11) is 1.31. The van der Waals surface area contributed by atoms with Crippen LogP contribution in [0, 0.1) is 0 Å². The van der Waals surface area contributed by atoms with Gasteiger partial charge in [0.15, 0.2) is 0 Å².